The Balaban J connectivity index is 2.25. The molecule has 2 fully saturated rings. The third kappa shape index (κ3) is 1.92. The molecule has 0 aromatic carbocycles. The molecule has 0 bridgehead atoms. The van der Waals surface area contributed by atoms with Crippen LogP contribution in [0.2, 0.25) is 0 Å². The third-order valence-corrected chi connectivity index (χ3v) is 5.43. The van der Waals surface area contributed by atoms with Gasteiger partial charge in [0, 0.05) is 18.8 Å². The van der Waals surface area contributed by atoms with Crippen LogP contribution in [0.15, 0.2) is 0 Å². The molecule has 0 aromatic heterocycles. The van der Waals surface area contributed by atoms with Gasteiger partial charge in [-0.1, -0.05) is 0 Å². The summed E-state index contributed by atoms with van der Waals surface area (Å²) in [7, 11) is -3.15. The summed E-state index contributed by atoms with van der Waals surface area (Å²) in [6.45, 7) is 1.14. The molecule has 1 saturated carbocycles. The first-order chi connectivity index (χ1) is 6.94. The normalized spacial score (nSPS) is 42.3. The van der Waals surface area contributed by atoms with Gasteiger partial charge in [0.05, 0.1) is 17.5 Å². The molecule has 2 aliphatic rings. The van der Waals surface area contributed by atoms with Crippen LogP contribution in [-0.4, -0.2) is 43.8 Å². The second-order valence-corrected chi connectivity index (χ2v) is 6.99. The molecular formula is C10H18O4S. The molecule has 0 radical (unpaired) electrons. The summed E-state index contributed by atoms with van der Waals surface area (Å²) >= 11 is 0. The van der Waals surface area contributed by atoms with Gasteiger partial charge in [0.1, 0.15) is 0 Å². The molecule has 3 atom stereocenters. The number of ether oxygens (including phenoxy) is 1. The first kappa shape index (κ1) is 11.4. The molecule has 1 aliphatic carbocycles. The lowest BCUT2D eigenvalue weighted by Gasteiger charge is -2.33. The molecule has 5 heteroatoms. The molecule has 1 aliphatic heterocycles. The SMILES string of the molecule is CS(=O)(=O)C1CCCC1(O)C1CCOC1. The van der Waals surface area contributed by atoms with Gasteiger partial charge >= 0.3 is 0 Å². The summed E-state index contributed by atoms with van der Waals surface area (Å²) in [4.78, 5) is 0. The zero-order valence-corrected chi connectivity index (χ0v) is 9.79. The molecule has 1 saturated heterocycles. The minimum absolute atomic E-state index is 0.000255. The number of aliphatic hydroxyl groups is 1. The molecule has 2 rings (SSSR count). The predicted molar refractivity (Wildman–Crippen MR) is 56.4 cm³/mol. The highest BCUT2D eigenvalue weighted by Gasteiger charge is 2.52. The molecular weight excluding hydrogens is 216 g/mol. The minimum atomic E-state index is -3.15. The highest BCUT2D eigenvalue weighted by Crippen LogP contribution is 2.42. The zero-order valence-electron chi connectivity index (χ0n) is 8.98. The maximum atomic E-state index is 11.6. The molecule has 0 aromatic rings. The summed E-state index contributed by atoms with van der Waals surface area (Å²) in [6.07, 6.45) is 3.99. The molecule has 88 valence electrons. The van der Waals surface area contributed by atoms with Gasteiger partial charge in [0.2, 0.25) is 0 Å². The Morgan fingerprint density at radius 1 is 1.40 bits per heavy atom. The number of sulfone groups is 1. The van der Waals surface area contributed by atoms with Crippen molar-refractivity contribution in [2.45, 2.75) is 36.5 Å². The fourth-order valence-electron chi connectivity index (χ4n) is 2.96. The number of hydrogen-bond acceptors (Lipinski definition) is 4. The molecule has 15 heavy (non-hydrogen) atoms. The number of rotatable bonds is 2. The van der Waals surface area contributed by atoms with Crippen LogP contribution in [0.5, 0.6) is 0 Å². The van der Waals surface area contributed by atoms with Crippen molar-refractivity contribution in [1.82, 2.24) is 0 Å². The van der Waals surface area contributed by atoms with Crippen molar-refractivity contribution in [3.05, 3.63) is 0 Å². The van der Waals surface area contributed by atoms with Crippen molar-refractivity contribution in [1.29, 1.82) is 0 Å². The van der Waals surface area contributed by atoms with E-state index in [0.29, 0.717) is 26.1 Å². The average Bonchev–Trinajstić information content (AvgIpc) is 2.69. The van der Waals surface area contributed by atoms with Crippen LogP contribution in [0.4, 0.5) is 0 Å². The summed E-state index contributed by atoms with van der Waals surface area (Å²) in [5, 5.41) is 9.94. The van der Waals surface area contributed by atoms with Gasteiger partial charge < -0.3 is 9.84 Å². The third-order valence-electron chi connectivity index (χ3n) is 3.75. The van der Waals surface area contributed by atoms with Crippen LogP contribution in [-0.2, 0) is 14.6 Å². The second kappa shape index (κ2) is 3.71. The van der Waals surface area contributed by atoms with Crippen molar-refractivity contribution in [3.63, 3.8) is 0 Å². The molecule has 1 N–H and O–H groups in total. The van der Waals surface area contributed by atoms with Gasteiger partial charge in [-0.2, -0.15) is 0 Å². The van der Waals surface area contributed by atoms with E-state index >= 15 is 0 Å². The zero-order chi connectivity index (χ0) is 11.1. The van der Waals surface area contributed by atoms with Gasteiger partial charge in [-0.25, -0.2) is 8.42 Å². The van der Waals surface area contributed by atoms with Crippen molar-refractivity contribution in [3.8, 4) is 0 Å². The average molecular weight is 234 g/mol. The molecule has 3 unspecified atom stereocenters. The maximum absolute atomic E-state index is 11.6. The lowest BCUT2D eigenvalue weighted by atomic mass is 9.85. The van der Waals surface area contributed by atoms with E-state index in [1.807, 2.05) is 0 Å². The van der Waals surface area contributed by atoms with Gasteiger partial charge in [0.25, 0.3) is 0 Å². The Labute approximate surface area is 90.5 Å². The number of hydrogen-bond donors (Lipinski definition) is 1. The first-order valence-corrected chi connectivity index (χ1v) is 7.39. The van der Waals surface area contributed by atoms with Gasteiger partial charge in [-0.05, 0) is 25.7 Å². The maximum Gasteiger partial charge on any atom is 0.153 e. The van der Waals surface area contributed by atoms with E-state index in [0.717, 1.165) is 12.8 Å². The van der Waals surface area contributed by atoms with Crippen molar-refractivity contribution in [2.75, 3.05) is 19.5 Å². The fourth-order valence-corrected chi connectivity index (χ4v) is 4.61. The lowest BCUT2D eigenvalue weighted by molar-refractivity contribution is -0.0125. The van der Waals surface area contributed by atoms with Crippen LogP contribution in [0.3, 0.4) is 0 Å². The Kier molecular flexibility index (Phi) is 2.81. The van der Waals surface area contributed by atoms with E-state index in [2.05, 4.69) is 0 Å². The Hall–Kier alpha value is -0.130. The quantitative estimate of drug-likeness (QED) is 0.749. The van der Waals surface area contributed by atoms with Crippen molar-refractivity contribution >= 4 is 9.84 Å². The van der Waals surface area contributed by atoms with Gasteiger partial charge in [0.15, 0.2) is 9.84 Å². The highest BCUT2D eigenvalue weighted by molar-refractivity contribution is 7.91. The predicted octanol–water partition coefficient (Wildman–Crippen LogP) is 0.351. The summed E-state index contributed by atoms with van der Waals surface area (Å²) in [6, 6.07) is 0. The summed E-state index contributed by atoms with van der Waals surface area (Å²) < 4.78 is 28.5. The second-order valence-electron chi connectivity index (χ2n) is 4.76. The van der Waals surface area contributed by atoms with E-state index in [-0.39, 0.29) is 5.92 Å². The standard InChI is InChI=1S/C10H18O4S/c1-15(12,13)9-3-2-5-10(9,11)8-4-6-14-7-8/h8-9,11H,2-7H2,1H3. The summed E-state index contributed by atoms with van der Waals surface area (Å²) in [5.41, 5.74) is -1.04. The lowest BCUT2D eigenvalue weighted by Crippen LogP contribution is -2.48. The van der Waals surface area contributed by atoms with Gasteiger partial charge in [-0.15, -0.1) is 0 Å². The van der Waals surface area contributed by atoms with E-state index in [1.165, 1.54) is 6.26 Å². The van der Waals surface area contributed by atoms with Gasteiger partial charge in [-0.3, -0.25) is 0 Å². The van der Waals surface area contributed by atoms with E-state index in [1.54, 1.807) is 0 Å². The molecule has 0 amide bonds. The molecule has 4 nitrogen and oxygen atoms in total. The fraction of sp³-hybridized carbons (Fsp3) is 1.00. The topological polar surface area (TPSA) is 63.6 Å². The minimum Gasteiger partial charge on any atom is -0.388 e. The van der Waals surface area contributed by atoms with Crippen LogP contribution >= 0.6 is 0 Å². The van der Waals surface area contributed by atoms with Crippen LogP contribution < -0.4 is 0 Å². The largest absolute Gasteiger partial charge is 0.388 e. The van der Waals surface area contributed by atoms with E-state index in [9.17, 15) is 13.5 Å². The Bertz CT molecular complexity index is 331. The van der Waals surface area contributed by atoms with Crippen LogP contribution in [0.25, 0.3) is 0 Å². The molecule has 0 spiro atoms. The van der Waals surface area contributed by atoms with E-state index < -0.39 is 20.7 Å². The Morgan fingerprint density at radius 2 is 2.13 bits per heavy atom. The monoisotopic (exact) mass is 234 g/mol. The van der Waals surface area contributed by atoms with Crippen molar-refractivity contribution in [2.24, 2.45) is 5.92 Å². The summed E-state index contributed by atoms with van der Waals surface area (Å²) in [5.74, 6) is -0.000255. The van der Waals surface area contributed by atoms with Crippen molar-refractivity contribution < 1.29 is 18.3 Å². The smallest absolute Gasteiger partial charge is 0.153 e. The van der Waals surface area contributed by atoms with Crippen LogP contribution in [0.1, 0.15) is 25.7 Å². The highest BCUT2D eigenvalue weighted by atomic mass is 32.2. The van der Waals surface area contributed by atoms with E-state index in [4.69, 9.17) is 4.74 Å². The van der Waals surface area contributed by atoms with Crippen LogP contribution in [0, 0.1) is 5.92 Å². The Morgan fingerprint density at radius 3 is 2.67 bits per heavy atom. The molecule has 1 heterocycles. The first-order valence-electron chi connectivity index (χ1n) is 5.43.